The van der Waals surface area contributed by atoms with Gasteiger partial charge in [0.15, 0.2) is 11.5 Å². The summed E-state index contributed by atoms with van der Waals surface area (Å²) < 4.78 is 10.8. The first kappa shape index (κ1) is 17.2. The smallest absolute Gasteiger partial charge is 0.161 e. The summed E-state index contributed by atoms with van der Waals surface area (Å²) >= 11 is 0. The summed E-state index contributed by atoms with van der Waals surface area (Å²) in [4.78, 5) is 4.39. The zero-order valence-electron chi connectivity index (χ0n) is 13.9. The zero-order valence-corrected chi connectivity index (χ0v) is 13.9. The average Bonchev–Trinajstić information content (AvgIpc) is 2.59. The third kappa shape index (κ3) is 4.94. The highest BCUT2D eigenvalue weighted by Crippen LogP contribution is 2.30. The van der Waals surface area contributed by atoms with Crippen LogP contribution in [0, 0.1) is 6.92 Å². The van der Waals surface area contributed by atoms with Crippen LogP contribution in [0.2, 0.25) is 0 Å². The van der Waals surface area contributed by atoms with Crippen LogP contribution in [0.4, 0.5) is 0 Å². The zero-order chi connectivity index (χ0) is 16.7. The van der Waals surface area contributed by atoms with Crippen LogP contribution in [0.5, 0.6) is 11.5 Å². The monoisotopic (exact) mass is 316 g/mol. The van der Waals surface area contributed by atoms with Gasteiger partial charge in [0.2, 0.25) is 0 Å². The normalized spacial score (nSPS) is 12.0. The molecule has 0 aliphatic carbocycles. The van der Waals surface area contributed by atoms with Gasteiger partial charge in [-0.2, -0.15) is 0 Å². The summed E-state index contributed by atoms with van der Waals surface area (Å²) in [6.07, 6.45) is 1.87. The molecule has 0 saturated carbocycles. The number of aliphatic hydroxyl groups is 1. The van der Waals surface area contributed by atoms with Crippen molar-refractivity contribution in [2.45, 2.75) is 26.4 Å². The Hall–Kier alpha value is -2.11. The van der Waals surface area contributed by atoms with E-state index in [1.54, 1.807) is 7.11 Å². The third-order valence-corrected chi connectivity index (χ3v) is 3.60. The van der Waals surface area contributed by atoms with Gasteiger partial charge in [-0.3, -0.25) is 4.98 Å². The molecule has 0 fully saturated rings. The van der Waals surface area contributed by atoms with Gasteiger partial charge in [0, 0.05) is 18.8 Å². The van der Waals surface area contributed by atoms with Gasteiger partial charge in [-0.05, 0) is 43.2 Å². The van der Waals surface area contributed by atoms with E-state index in [9.17, 15) is 0 Å². The Morgan fingerprint density at radius 1 is 1.22 bits per heavy atom. The molecule has 124 valence electrons. The van der Waals surface area contributed by atoms with Crippen molar-refractivity contribution in [2.75, 3.05) is 20.3 Å². The van der Waals surface area contributed by atoms with E-state index >= 15 is 0 Å². The van der Waals surface area contributed by atoms with Gasteiger partial charge in [-0.15, -0.1) is 0 Å². The largest absolute Gasteiger partial charge is 0.493 e. The maximum absolute atomic E-state index is 8.85. The molecule has 0 aliphatic rings. The van der Waals surface area contributed by atoms with Crippen molar-refractivity contribution < 1.29 is 14.6 Å². The Kier molecular flexibility index (Phi) is 6.38. The first-order chi connectivity index (χ1) is 11.1. The van der Waals surface area contributed by atoms with Crippen LogP contribution in [-0.2, 0) is 6.54 Å². The molecule has 0 saturated heterocycles. The Bertz CT molecular complexity index is 614. The van der Waals surface area contributed by atoms with Crippen molar-refractivity contribution in [3.63, 3.8) is 0 Å². The number of pyridine rings is 1. The van der Waals surface area contributed by atoms with Crippen molar-refractivity contribution >= 4 is 0 Å². The van der Waals surface area contributed by atoms with Crippen LogP contribution < -0.4 is 14.8 Å². The molecule has 0 aliphatic heterocycles. The number of hydrogen-bond donors (Lipinski definition) is 2. The molecule has 2 rings (SSSR count). The fourth-order valence-corrected chi connectivity index (χ4v) is 2.21. The quantitative estimate of drug-likeness (QED) is 0.784. The predicted molar refractivity (Wildman–Crippen MR) is 89.8 cm³/mol. The Labute approximate surface area is 137 Å². The first-order valence-corrected chi connectivity index (χ1v) is 7.70. The van der Waals surface area contributed by atoms with Crippen molar-refractivity contribution in [1.82, 2.24) is 10.3 Å². The number of hydrogen-bond acceptors (Lipinski definition) is 5. The number of aromatic nitrogens is 1. The molecule has 23 heavy (non-hydrogen) atoms. The molecule has 0 amide bonds. The molecule has 0 bridgehead atoms. The van der Waals surface area contributed by atoms with Gasteiger partial charge in [0.05, 0.1) is 19.4 Å². The molecular formula is C18H24N2O3. The van der Waals surface area contributed by atoms with Crippen molar-refractivity contribution in [1.29, 1.82) is 0 Å². The fourth-order valence-electron chi connectivity index (χ4n) is 2.21. The van der Waals surface area contributed by atoms with E-state index in [-0.39, 0.29) is 19.3 Å². The number of aryl methyl sites for hydroxylation is 1. The maximum Gasteiger partial charge on any atom is 0.161 e. The molecule has 2 N–H and O–H groups in total. The lowest BCUT2D eigenvalue weighted by molar-refractivity contribution is 0.196. The Morgan fingerprint density at radius 3 is 2.70 bits per heavy atom. The molecule has 1 unspecified atom stereocenters. The number of nitrogens with zero attached hydrogens (tertiary/aromatic N) is 1. The SMILES string of the molecule is COc1cc(C(C)NCc2ccc(C)cn2)ccc1OCCO. The summed E-state index contributed by atoms with van der Waals surface area (Å²) in [5.41, 5.74) is 3.27. The summed E-state index contributed by atoms with van der Waals surface area (Å²) in [5.74, 6) is 1.30. The highest BCUT2D eigenvalue weighted by molar-refractivity contribution is 5.43. The van der Waals surface area contributed by atoms with Crippen LogP contribution in [-0.4, -0.2) is 30.4 Å². The highest BCUT2D eigenvalue weighted by Gasteiger charge is 2.10. The Morgan fingerprint density at radius 2 is 2.04 bits per heavy atom. The van der Waals surface area contributed by atoms with E-state index < -0.39 is 0 Å². The van der Waals surface area contributed by atoms with E-state index in [2.05, 4.69) is 23.3 Å². The second-order valence-electron chi connectivity index (χ2n) is 5.41. The fraction of sp³-hybridized carbons (Fsp3) is 0.389. The standard InChI is InChI=1S/C18H24N2O3/c1-13-4-6-16(20-11-13)12-19-14(2)15-5-7-17(23-9-8-21)18(10-15)22-3/h4-7,10-11,14,19,21H,8-9,12H2,1-3H3. The maximum atomic E-state index is 8.85. The molecule has 1 aromatic carbocycles. The summed E-state index contributed by atoms with van der Waals surface area (Å²) in [6.45, 7) is 5.05. The molecule has 0 radical (unpaired) electrons. The molecule has 0 spiro atoms. The minimum Gasteiger partial charge on any atom is -0.493 e. The number of methoxy groups -OCH3 is 1. The lowest BCUT2D eigenvalue weighted by Crippen LogP contribution is -2.18. The number of nitrogens with one attached hydrogen (secondary N) is 1. The van der Waals surface area contributed by atoms with Gasteiger partial charge in [0.25, 0.3) is 0 Å². The van der Waals surface area contributed by atoms with Crippen LogP contribution in [0.15, 0.2) is 36.5 Å². The highest BCUT2D eigenvalue weighted by atomic mass is 16.5. The van der Waals surface area contributed by atoms with Crippen LogP contribution >= 0.6 is 0 Å². The van der Waals surface area contributed by atoms with E-state index in [0.29, 0.717) is 18.0 Å². The summed E-state index contributed by atoms with van der Waals surface area (Å²) in [6, 6.07) is 10.1. The second-order valence-corrected chi connectivity index (χ2v) is 5.41. The molecule has 1 atom stereocenters. The molecule has 2 aromatic rings. The van der Waals surface area contributed by atoms with Gasteiger partial charge in [-0.25, -0.2) is 0 Å². The van der Waals surface area contributed by atoms with Gasteiger partial charge in [0.1, 0.15) is 6.61 Å². The number of rotatable bonds is 8. The topological polar surface area (TPSA) is 63.6 Å². The van der Waals surface area contributed by atoms with E-state index in [0.717, 1.165) is 16.8 Å². The van der Waals surface area contributed by atoms with Crippen LogP contribution in [0.25, 0.3) is 0 Å². The number of benzene rings is 1. The van der Waals surface area contributed by atoms with E-state index in [1.807, 2.05) is 37.4 Å². The first-order valence-electron chi connectivity index (χ1n) is 7.70. The van der Waals surface area contributed by atoms with E-state index in [1.165, 1.54) is 0 Å². The van der Waals surface area contributed by atoms with E-state index in [4.69, 9.17) is 14.6 Å². The van der Waals surface area contributed by atoms with Crippen LogP contribution in [0.3, 0.4) is 0 Å². The summed E-state index contributed by atoms with van der Waals surface area (Å²) in [5, 5.41) is 12.3. The lowest BCUT2D eigenvalue weighted by atomic mass is 10.1. The van der Waals surface area contributed by atoms with Crippen LogP contribution in [0.1, 0.15) is 29.8 Å². The molecule has 5 nitrogen and oxygen atoms in total. The van der Waals surface area contributed by atoms with Gasteiger partial charge < -0.3 is 19.9 Å². The van der Waals surface area contributed by atoms with Gasteiger partial charge >= 0.3 is 0 Å². The van der Waals surface area contributed by atoms with Crippen molar-refractivity contribution in [3.05, 3.63) is 53.3 Å². The summed E-state index contributed by atoms with van der Waals surface area (Å²) in [7, 11) is 1.61. The molecular weight excluding hydrogens is 292 g/mol. The third-order valence-electron chi connectivity index (χ3n) is 3.60. The Balaban J connectivity index is 2.00. The second kappa shape index (κ2) is 8.50. The molecule has 1 heterocycles. The molecule has 5 heteroatoms. The minimum absolute atomic E-state index is 0.0214. The van der Waals surface area contributed by atoms with Gasteiger partial charge in [-0.1, -0.05) is 12.1 Å². The van der Waals surface area contributed by atoms with Crippen molar-refractivity contribution in [2.24, 2.45) is 0 Å². The van der Waals surface area contributed by atoms with Crippen molar-refractivity contribution in [3.8, 4) is 11.5 Å². The number of ether oxygens (including phenoxy) is 2. The predicted octanol–water partition coefficient (Wildman–Crippen LogP) is 2.62. The number of aliphatic hydroxyl groups excluding tert-OH is 1. The lowest BCUT2D eigenvalue weighted by Gasteiger charge is -2.17. The minimum atomic E-state index is -0.0214. The molecule has 1 aromatic heterocycles. The average molecular weight is 316 g/mol.